The van der Waals surface area contributed by atoms with Crippen molar-refractivity contribution in [1.82, 2.24) is 10.2 Å². The molecule has 2 rings (SSSR count). The number of rotatable bonds is 2. The van der Waals surface area contributed by atoms with Gasteiger partial charge in [-0.1, -0.05) is 28.1 Å². The van der Waals surface area contributed by atoms with Crippen LogP contribution in [-0.2, 0) is 6.42 Å². The molecule has 14 heavy (non-hydrogen) atoms. The molecular weight excluding hydrogens is 359 g/mol. The molecule has 3 nitrogen and oxygen atoms in total. The Morgan fingerprint density at radius 1 is 1.21 bits per heavy atom. The predicted molar refractivity (Wildman–Crippen MR) is 64.0 cm³/mol. The Morgan fingerprint density at radius 3 is 2.50 bits per heavy atom. The fraction of sp³-hybridized carbons (Fsp3) is 0.111. The van der Waals surface area contributed by atoms with E-state index in [1.807, 2.05) is 46.9 Å². The summed E-state index contributed by atoms with van der Waals surface area (Å²) in [6, 6.07) is 8.05. The summed E-state index contributed by atoms with van der Waals surface area (Å²) in [4.78, 5) is 0. The summed E-state index contributed by atoms with van der Waals surface area (Å²) in [5.41, 5.74) is 1.16. The number of halogens is 2. The van der Waals surface area contributed by atoms with E-state index >= 15 is 0 Å². The maximum atomic E-state index is 5.27. The van der Waals surface area contributed by atoms with Gasteiger partial charge in [-0.15, -0.1) is 10.2 Å². The molecule has 0 fully saturated rings. The highest BCUT2D eigenvalue weighted by Crippen LogP contribution is 2.13. The second-order valence-electron chi connectivity index (χ2n) is 2.75. The first-order valence-electron chi connectivity index (χ1n) is 3.96. The molecule has 0 atom stereocenters. The van der Waals surface area contributed by atoms with Gasteiger partial charge in [0.05, 0.1) is 6.42 Å². The lowest BCUT2D eigenvalue weighted by Crippen LogP contribution is -1.87. The van der Waals surface area contributed by atoms with E-state index in [-0.39, 0.29) is 0 Å². The first kappa shape index (κ1) is 10.1. The monoisotopic (exact) mass is 364 g/mol. The van der Waals surface area contributed by atoms with Gasteiger partial charge in [0.1, 0.15) is 0 Å². The first-order chi connectivity index (χ1) is 6.74. The van der Waals surface area contributed by atoms with E-state index in [4.69, 9.17) is 4.42 Å². The van der Waals surface area contributed by atoms with E-state index < -0.39 is 0 Å². The van der Waals surface area contributed by atoms with Crippen LogP contribution in [0.4, 0.5) is 0 Å². The number of hydrogen-bond donors (Lipinski definition) is 0. The van der Waals surface area contributed by atoms with Gasteiger partial charge in [-0.05, 0) is 17.7 Å². The molecule has 0 bridgehead atoms. The van der Waals surface area contributed by atoms with Crippen LogP contribution in [-0.4, -0.2) is 10.2 Å². The van der Waals surface area contributed by atoms with Crippen molar-refractivity contribution < 1.29 is 4.42 Å². The smallest absolute Gasteiger partial charge is 0.278 e. The molecule has 0 aliphatic carbocycles. The molecule has 0 spiro atoms. The molecule has 72 valence electrons. The van der Waals surface area contributed by atoms with Crippen LogP contribution in [0.25, 0.3) is 0 Å². The van der Waals surface area contributed by atoms with Gasteiger partial charge < -0.3 is 4.42 Å². The molecular formula is C9H6BrIN2O. The molecule has 1 aromatic carbocycles. The van der Waals surface area contributed by atoms with Gasteiger partial charge in [0, 0.05) is 27.1 Å². The number of hydrogen-bond acceptors (Lipinski definition) is 3. The van der Waals surface area contributed by atoms with Crippen LogP contribution in [0.15, 0.2) is 33.2 Å². The Bertz CT molecular complexity index is 427. The van der Waals surface area contributed by atoms with Gasteiger partial charge >= 0.3 is 0 Å². The zero-order chi connectivity index (χ0) is 9.97. The maximum absolute atomic E-state index is 5.27. The summed E-state index contributed by atoms with van der Waals surface area (Å²) in [7, 11) is 0. The van der Waals surface area contributed by atoms with Crippen molar-refractivity contribution in [2.75, 3.05) is 0 Å². The van der Waals surface area contributed by atoms with Crippen molar-refractivity contribution in [3.05, 3.63) is 44.1 Å². The number of nitrogens with zero attached hydrogens (tertiary/aromatic N) is 2. The molecule has 1 heterocycles. The fourth-order valence-corrected chi connectivity index (χ4v) is 1.71. The van der Waals surface area contributed by atoms with Crippen LogP contribution in [0.5, 0.6) is 0 Å². The van der Waals surface area contributed by atoms with Crippen molar-refractivity contribution in [3.63, 3.8) is 0 Å². The van der Waals surface area contributed by atoms with E-state index in [1.165, 1.54) is 0 Å². The Balaban J connectivity index is 2.15. The van der Waals surface area contributed by atoms with E-state index in [0.29, 0.717) is 16.2 Å². The quantitative estimate of drug-likeness (QED) is 0.769. The summed E-state index contributed by atoms with van der Waals surface area (Å²) in [5, 5.41) is 7.69. The van der Waals surface area contributed by atoms with Crippen LogP contribution in [0.2, 0.25) is 0 Å². The van der Waals surface area contributed by atoms with Crippen molar-refractivity contribution in [2.45, 2.75) is 6.42 Å². The minimum absolute atomic E-state index is 0.578. The summed E-state index contributed by atoms with van der Waals surface area (Å²) in [6.07, 6.45) is 0.684. The zero-order valence-electron chi connectivity index (χ0n) is 7.08. The molecule has 0 aliphatic rings. The van der Waals surface area contributed by atoms with Gasteiger partial charge in [-0.25, -0.2) is 0 Å². The first-order valence-corrected chi connectivity index (χ1v) is 5.83. The van der Waals surface area contributed by atoms with Crippen molar-refractivity contribution in [3.8, 4) is 0 Å². The highest BCUT2D eigenvalue weighted by atomic mass is 127. The van der Waals surface area contributed by atoms with Crippen LogP contribution in [0.1, 0.15) is 11.5 Å². The molecule has 0 unspecified atom stereocenters. The standard InChI is InChI=1S/C9H6BrIN2O/c10-7-3-1-6(2-4-7)5-8-12-13-9(11)14-8/h1-4H,5H2. The Labute approximate surface area is 103 Å². The van der Waals surface area contributed by atoms with E-state index in [9.17, 15) is 0 Å². The van der Waals surface area contributed by atoms with E-state index in [2.05, 4.69) is 26.1 Å². The Hall–Kier alpha value is -0.430. The second-order valence-corrected chi connectivity index (χ2v) is 4.59. The van der Waals surface area contributed by atoms with Crippen LogP contribution < -0.4 is 0 Å². The fourth-order valence-electron chi connectivity index (χ4n) is 1.08. The second kappa shape index (κ2) is 4.39. The lowest BCUT2D eigenvalue weighted by molar-refractivity contribution is 0.479. The summed E-state index contributed by atoms with van der Waals surface area (Å²) in [6.45, 7) is 0. The molecule has 2 aromatic rings. The Kier molecular flexibility index (Phi) is 3.17. The average molecular weight is 365 g/mol. The summed E-state index contributed by atoms with van der Waals surface area (Å²) >= 11 is 5.38. The third-order valence-corrected chi connectivity index (χ3v) is 2.68. The minimum atomic E-state index is 0.578. The number of aromatic nitrogens is 2. The SMILES string of the molecule is Brc1ccc(Cc2nnc(I)o2)cc1. The van der Waals surface area contributed by atoms with Crippen molar-refractivity contribution >= 4 is 38.5 Å². The minimum Gasteiger partial charge on any atom is -0.416 e. The third-order valence-electron chi connectivity index (χ3n) is 1.71. The van der Waals surface area contributed by atoms with E-state index in [0.717, 1.165) is 10.0 Å². The molecule has 1 aromatic heterocycles. The molecule has 5 heteroatoms. The largest absolute Gasteiger partial charge is 0.416 e. The van der Waals surface area contributed by atoms with Gasteiger partial charge in [0.15, 0.2) is 0 Å². The molecule has 0 saturated heterocycles. The van der Waals surface area contributed by atoms with Crippen LogP contribution in [0.3, 0.4) is 0 Å². The van der Waals surface area contributed by atoms with Crippen LogP contribution in [0, 0.1) is 3.90 Å². The normalized spacial score (nSPS) is 10.4. The zero-order valence-corrected chi connectivity index (χ0v) is 10.8. The average Bonchev–Trinajstić information content (AvgIpc) is 2.56. The highest BCUT2D eigenvalue weighted by molar-refractivity contribution is 14.1. The van der Waals surface area contributed by atoms with Gasteiger partial charge in [-0.2, -0.15) is 0 Å². The maximum Gasteiger partial charge on any atom is 0.278 e. The van der Waals surface area contributed by atoms with Gasteiger partial charge in [0.2, 0.25) is 5.89 Å². The van der Waals surface area contributed by atoms with Gasteiger partial charge in [-0.3, -0.25) is 0 Å². The van der Waals surface area contributed by atoms with E-state index in [1.54, 1.807) is 0 Å². The third kappa shape index (κ3) is 2.54. The molecule has 0 amide bonds. The van der Waals surface area contributed by atoms with Crippen molar-refractivity contribution in [1.29, 1.82) is 0 Å². The lowest BCUT2D eigenvalue weighted by atomic mass is 10.2. The lowest BCUT2D eigenvalue weighted by Gasteiger charge is -1.96. The van der Waals surface area contributed by atoms with Crippen LogP contribution >= 0.6 is 38.5 Å². The Morgan fingerprint density at radius 2 is 1.93 bits per heavy atom. The predicted octanol–water partition coefficient (Wildman–Crippen LogP) is 3.03. The summed E-state index contributed by atoms with van der Waals surface area (Å²) in [5.74, 6) is 0.650. The molecule has 0 radical (unpaired) electrons. The van der Waals surface area contributed by atoms with Gasteiger partial charge in [0.25, 0.3) is 3.90 Å². The highest BCUT2D eigenvalue weighted by Gasteiger charge is 2.03. The molecule has 0 N–H and O–H groups in total. The summed E-state index contributed by atoms with van der Waals surface area (Å²) < 4.78 is 6.92. The number of benzene rings is 1. The molecule has 0 aliphatic heterocycles. The molecule has 0 saturated carbocycles. The van der Waals surface area contributed by atoms with Crippen molar-refractivity contribution in [2.24, 2.45) is 0 Å². The topological polar surface area (TPSA) is 38.9 Å².